The molecule has 0 saturated carbocycles. The number of benzene rings is 1. The molecule has 2 aromatic rings. The van der Waals surface area contributed by atoms with E-state index in [2.05, 4.69) is 10.3 Å². The first-order valence-corrected chi connectivity index (χ1v) is 8.84. The number of thiophene rings is 1. The van der Waals surface area contributed by atoms with Gasteiger partial charge in [-0.15, -0.1) is 11.3 Å². The summed E-state index contributed by atoms with van der Waals surface area (Å²) >= 11 is 1.16. The number of hydroxylamine groups is 1. The van der Waals surface area contributed by atoms with E-state index in [0.29, 0.717) is 11.4 Å². The van der Waals surface area contributed by atoms with Crippen LogP contribution in [-0.2, 0) is 19.7 Å². The topological polar surface area (TPSA) is 84.9 Å². The molecule has 2 rings (SSSR count). The normalized spacial score (nSPS) is 11.0. The lowest BCUT2D eigenvalue weighted by molar-refractivity contribution is -0.133. The van der Waals surface area contributed by atoms with E-state index in [0.717, 1.165) is 11.3 Å². The molecule has 0 atom stereocenters. The van der Waals surface area contributed by atoms with Gasteiger partial charge in [-0.25, -0.2) is 13.9 Å². The zero-order valence-electron chi connectivity index (χ0n) is 12.6. The van der Waals surface area contributed by atoms with Crippen molar-refractivity contribution >= 4 is 33.0 Å². The van der Waals surface area contributed by atoms with Gasteiger partial charge in [0.25, 0.3) is 15.9 Å². The molecule has 1 N–H and O–H groups in total. The maximum absolute atomic E-state index is 12.4. The molecule has 0 aliphatic rings. The molecule has 0 aliphatic carbocycles. The van der Waals surface area contributed by atoms with Crippen molar-refractivity contribution in [3.8, 4) is 5.75 Å². The van der Waals surface area contributed by atoms with Crippen molar-refractivity contribution in [3.05, 3.63) is 41.8 Å². The molecular weight excluding hydrogens is 340 g/mol. The minimum absolute atomic E-state index is 0.198. The quantitative estimate of drug-likeness (QED) is 0.762. The first-order chi connectivity index (χ1) is 10.9. The smallest absolute Gasteiger partial charge is 0.281 e. The standard InChI is InChI=1S/C14H16N2O5S2/c1-16(23(18,19)14-4-3-9-22-14)11-5-7-12(8-6-11)21-10-13(17)15-20-2/h3-9H,10H2,1-2H3,(H,15,17). The van der Waals surface area contributed by atoms with Crippen LogP contribution in [0.2, 0.25) is 0 Å². The molecule has 1 amide bonds. The van der Waals surface area contributed by atoms with E-state index in [-0.39, 0.29) is 10.8 Å². The van der Waals surface area contributed by atoms with Crippen LogP contribution in [0.4, 0.5) is 5.69 Å². The fourth-order valence-electron chi connectivity index (χ4n) is 1.73. The second kappa shape index (κ2) is 7.44. The summed E-state index contributed by atoms with van der Waals surface area (Å²) in [7, 11) is -0.751. The average molecular weight is 356 g/mol. The Balaban J connectivity index is 2.06. The van der Waals surface area contributed by atoms with Crippen molar-refractivity contribution in [3.63, 3.8) is 0 Å². The number of nitrogens with zero attached hydrogens (tertiary/aromatic N) is 1. The molecule has 1 aromatic heterocycles. The van der Waals surface area contributed by atoms with Crippen LogP contribution in [0.15, 0.2) is 46.0 Å². The van der Waals surface area contributed by atoms with Gasteiger partial charge in [0.2, 0.25) is 0 Å². The van der Waals surface area contributed by atoms with Crippen molar-refractivity contribution in [2.45, 2.75) is 4.21 Å². The molecule has 0 saturated heterocycles. The lowest BCUT2D eigenvalue weighted by Crippen LogP contribution is -2.27. The van der Waals surface area contributed by atoms with Crippen LogP contribution in [-0.4, -0.2) is 35.1 Å². The predicted molar refractivity (Wildman–Crippen MR) is 87.0 cm³/mol. The van der Waals surface area contributed by atoms with Gasteiger partial charge in [0, 0.05) is 7.05 Å². The molecule has 0 spiro atoms. The molecule has 9 heteroatoms. The molecule has 7 nitrogen and oxygen atoms in total. The van der Waals surface area contributed by atoms with Gasteiger partial charge in [0.05, 0.1) is 12.8 Å². The summed E-state index contributed by atoms with van der Waals surface area (Å²) in [4.78, 5) is 15.7. The third-order valence-corrected chi connectivity index (χ3v) is 6.05. The Bertz CT molecular complexity index is 742. The number of carbonyl (C=O) groups is 1. The van der Waals surface area contributed by atoms with Crippen molar-refractivity contribution in [1.82, 2.24) is 5.48 Å². The van der Waals surface area contributed by atoms with E-state index in [9.17, 15) is 13.2 Å². The third-order valence-electron chi connectivity index (χ3n) is 2.90. The van der Waals surface area contributed by atoms with Crippen molar-refractivity contribution in [1.29, 1.82) is 0 Å². The highest BCUT2D eigenvalue weighted by Gasteiger charge is 2.22. The number of rotatable bonds is 7. The van der Waals surface area contributed by atoms with Gasteiger partial charge in [0.1, 0.15) is 9.96 Å². The number of anilines is 1. The summed E-state index contributed by atoms with van der Waals surface area (Å²) in [5.74, 6) is 0.0240. The molecule has 23 heavy (non-hydrogen) atoms. The third kappa shape index (κ3) is 4.21. The van der Waals surface area contributed by atoms with Crippen LogP contribution < -0.4 is 14.5 Å². The van der Waals surface area contributed by atoms with Crippen molar-refractivity contribution in [2.75, 3.05) is 25.1 Å². The Labute approximate surface area is 138 Å². The zero-order chi connectivity index (χ0) is 16.9. The van der Waals surface area contributed by atoms with E-state index >= 15 is 0 Å². The highest BCUT2D eigenvalue weighted by atomic mass is 32.2. The fourth-order valence-corrected chi connectivity index (χ4v) is 4.09. The Hall–Kier alpha value is -2.10. The van der Waals surface area contributed by atoms with E-state index < -0.39 is 15.9 Å². The van der Waals surface area contributed by atoms with E-state index in [4.69, 9.17) is 4.74 Å². The Morgan fingerprint density at radius 3 is 2.52 bits per heavy atom. The summed E-state index contributed by atoms with van der Waals surface area (Å²) in [6, 6.07) is 9.64. The van der Waals surface area contributed by atoms with Gasteiger partial charge in [-0.05, 0) is 35.7 Å². The number of nitrogens with one attached hydrogen (secondary N) is 1. The highest BCUT2D eigenvalue weighted by molar-refractivity contribution is 7.94. The molecule has 0 aliphatic heterocycles. The van der Waals surface area contributed by atoms with Crippen LogP contribution in [0.5, 0.6) is 5.75 Å². The first-order valence-electron chi connectivity index (χ1n) is 6.52. The molecule has 0 unspecified atom stereocenters. The minimum Gasteiger partial charge on any atom is -0.484 e. The lowest BCUT2D eigenvalue weighted by Gasteiger charge is -2.18. The molecule has 1 heterocycles. The van der Waals surface area contributed by atoms with Crippen LogP contribution in [0.1, 0.15) is 0 Å². The average Bonchev–Trinajstić information content (AvgIpc) is 3.08. The van der Waals surface area contributed by atoms with Crippen molar-refractivity contribution in [2.24, 2.45) is 0 Å². The zero-order valence-corrected chi connectivity index (χ0v) is 14.2. The fraction of sp³-hybridized carbons (Fsp3) is 0.214. The van der Waals surface area contributed by atoms with Gasteiger partial charge < -0.3 is 4.74 Å². The van der Waals surface area contributed by atoms with Gasteiger partial charge >= 0.3 is 0 Å². The summed E-state index contributed by atoms with van der Waals surface area (Å²) in [6.45, 7) is -0.198. The Morgan fingerprint density at radius 1 is 1.26 bits per heavy atom. The largest absolute Gasteiger partial charge is 0.484 e. The summed E-state index contributed by atoms with van der Waals surface area (Å²) in [5.41, 5.74) is 2.62. The summed E-state index contributed by atoms with van der Waals surface area (Å²) < 4.78 is 31.5. The molecule has 0 fully saturated rings. The second-order valence-electron chi connectivity index (χ2n) is 4.42. The van der Waals surface area contributed by atoms with Crippen molar-refractivity contribution < 1.29 is 22.8 Å². The molecular formula is C14H16N2O5S2. The summed E-state index contributed by atoms with van der Waals surface area (Å²) in [6.07, 6.45) is 0. The molecule has 1 aromatic carbocycles. The van der Waals surface area contributed by atoms with E-state index in [1.165, 1.54) is 18.5 Å². The maximum atomic E-state index is 12.4. The number of amides is 1. The number of ether oxygens (including phenoxy) is 1. The number of hydrogen-bond donors (Lipinski definition) is 1. The molecule has 0 radical (unpaired) electrons. The first kappa shape index (κ1) is 17.3. The monoisotopic (exact) mass is 356 g/mol. The van der Waals surface area contributed by atoms with Gasteiger partial charge in [-0.3, -0.25) is 13.9 Å². The number of hydrogen-bond acceptors (Lipinski definition) is 6. The second-order valence-corrected chi connectivity index (χ2v) is 7.56. The molecule has 124 valence electrons. The van der Waals surface area contributed by atoms with Gasteiger partial charge in [-0.1, -0.05) is 6.07 Å². The SMILES string of the molecule is CONC(=O)COc1ccc(N(C)S(=O)(=O)c2cccs2)cc1. The molecule has 0 bridgehead atoms. The Kier molecular flexibility index (Phi) is 5.59. The van der Waals surface area contributed by atoms with Gasteiger partial charge in [-0.2, -0.15) is 0 Å². The number of sulfonamides is 1. The number of carbonyl (C=O) groups excluding carboxylic acids is 1. The maximum Gasteiger partial charge on any atom is 0.281 e. The van der Waals surface area contributed by atoms with Crippen LogP contribution in [0, 0.1) is 0 Å². The minimum atomic E-state index is -3.56. The van der Waals surface area contributed by atoms with Gasteiger partial charge in [0.15, 0.2) is 6.61 Å². The highest BCUT2D eigenvalue weighted by Crippen LogP contribution is 2.26. The van der Waals surface area contributed by atoms with Crippen LogP contribution >= 0.6 is 11.3 Å². The predicted octanol–water partition coefficient (Wildman–Crippen LogP) is 1.63. The van der Waals surface area contributed by atoms with E-state index in [1.807, 2.05) is 0 Å². The van der Waals surface area contributed by atoms with Crippen LogP contribution in [0.3, 0.4) is 0 Å². The lowest BCUT2D eigenvalue weighted by atomic mass is 10.3. The summed E-state index contributed by atoms with van der Waals surface area (Å²) in [5, 5.41) is 1.71. The van der Waals surface area contributed by atoms with E-state index in [1.54, 1.807) is 41.8 Å². The Morgan fingerprint density at radius 2 is 1.96 bits per heavy atom. The van der Waals surface area contributed by atoms with Crippen LogP contribution in [0.25, 0.3) is 0 Å².